The van der Waals surface area contributed by atoms with Gasteiger partial charge < -0.3 is 18.8 Å². The fraction of sp³-hybridized carbons (Fsp3) is 0.450. The maximum atomic E-state index is 12.9. The van der Waals surface area contributed by atoms with E-state index in [0.29, 0.717) is 36.5 Å². The number of nitrogens with one attached hydrogen (secondary N) is 1. The third-order valence-corrected chi connectivity index (χ3v) is 6.37. The third-order valence-electron chi connectivity index (χ3n) is 5.55. The van der Waals surface area contributed by atoms with E-state index in [4.69, 9.17) is 13.9 Å². The molecule has 1 aliphatic carbocycles. The highest BCUT2D eigenvalue weighted by Gasteiger charge is 2.38. The van der Waals surface area contributed by atoms with E-state index < -0.39 is 11.5 Å². The van der Waals surface area contributed by atoms with Crippen molar-refractivity contribution in [1.29, 1.82) is 0 Å². The Bertz CT molecular complexity index is 1200. The van der Waals surface area contributed by atoms with Crippen molar-refractivity contribution < 1.29 is 18.7 Å². The van der Waals surface area contributed by atoms with Crippen LogP contribution >= 0.6 is 11.3 Å². The summed E-state index contributed by atoms with van der Waals surface area (Å²) in [6.07, 6.45) is 3.89. The molecule has 1 fully saturated rings. The topological polar surface area (TPSA) is 125 Å². The van der Waals surface area contributed by atoms with Crippen LogP contribution in [-0.4, -0.2) is 58.8 Å². The molecule has 1 amide bonds. The summed E-state index contributed by atoms with van der Waals surface area (Å²) in [4.78, 5) is 27.5. The highest BCUT2D eigenvalue weighted by atomic mass is 32.1. The number of methoxy groups -OCH3 is 1. The first-order valence-electron chi connectivity index (χ1n) is 10.3. The van der Waals surface area contributed by atoms with Gasteiger partial charge in [0.25, 0.3) is 5.91 Å². The third kappa shape index (κ3) is 3.86. The molecule has 4 heterocycles. The van der Waals surface area contributed by atoms with Gasteiger partial charge in [-0.2, -0.15) is 5.10 Å². The van der Waals surface area contributed by atoms with Gasteiger partial charge in [-0.25, -0.2) is 9.48 Å². The second-order valence-electron chi connectivity index (χ2n) is 7.74. The summed E-state index contributed by atoms with van der Waals surface area (Å²) in [5.74, 6) is -0.0915. The Labute approximate surface area is 187 Å². The van der Waals surface area contributed by atoms with Crippen LogP contribution in [0.2, 0.25) is 0 Å². The molecule has 3 aromatic rings. The second-order valence-corrected chi connectivity index (χ2v) is 8.70. The van der Waals surface area contributed by atoms with Crippen molar-refractivity contribution in [2.24, 2.45) is 5.92 Å². The summed E-state index contributed by atoms with van der Waals surface area (Å²) in [6.45, 7) is 3.40. The van der Waals surface area contributed by atoms with Crippen LogP contribution in [0.3, 0.4) is 0 Å². The van der Waals surface area contributed by atoms with Crippen molar-refractivity contribution in [1.82, 2.24) is 20.0 Å². The number of aromatic nitrogens is 4. The van der Waals surface area contributed by atoms with Gasteiger partial charge in [-0.15, -0.1) is 10.2 Å². The molecule has 1 saturated carbocycles. The van der Waals surface area contributed by atoms with E-state index in [-0.39, 0.29) is 22.7 Å². The van der Waals surface area contributed by atoms with Gasteiger partial charge in [0.15, 0.2) is 5.76 Å². The average molecular weight is 459 g/mol. The Balaban J connectivity index is 1.41. The number of carbonyl (C=O) groups is 1. The van der Waals surface area contributed by atoms with E-state index in [1.165, 1.54) is 0 Å². The SMILES string of the molecule is COC[C@H](C1CC1)N1CCOc2c1cc(C(=O)Nc1nnc(-n3nccc3C)s1)oc2=O. The molecule has 0 radical (unpaired) electrons. The van der Waals surface area contributed by atoms with Crippen LogP contribution in [0, 0.1) is 12.8 Å². The van der Waals surface area contributed by atoms with E-state index in [1.807, 2.05) is 13.0 Å². The van der Waals surface area contributed by atoms with Crippen LogP contribution in [0.25, 0.3) is 5.13 Å². The summed E-state index contributed by atoms with van der Waals surface area (Å²) >= 11 is 1.16. The number of amides is 1. The van der Waals surface area contributed by atoms with Gasteiger partial charge in [-0.3, -0.25) is 10.1 Å². The molecular weight excluding hydrogens is 436 g/mol. The number of anilines is 2. The molecule has 3 aromatic heterocycles. The van der Waals surface area contributed by atoms with Gasteiger partial charge in [0.05, 0.1) is 24.9 Å². The quantitative estimate of drug-likeness (QED) is 0.565. The van der Waals surface area contributed by atoms with Crippen molar-refractivity contribution in [2.45, 2.75) is 25.8 Å². The molecule has 0 unspecified atom stereocenters. The molecule has 0 spiro atoms. The van der Waals surface area contributed by atoms with Crippen molar-refractivity contribution in [3.63, 3.8) is 0 Å². The van der Waals surface area contributed by atoms with Crippen LogP contribution in [0.4, 0.5) is 10.8 Å². The summed E-state index contributed by atoms with van der Waals surface area (Å²) in [5, 5.41) is 15.7. The zero-order chi connectivity index (χ0) is 22.2. The van der Waals surface area contributed by atoms with E-state index in [9.17, 15) is 9.59 Å². The van der Waals surface area contributed by atoms with Gasteiger partial charge in [-0.1, -0.05) is 11.3 Å². The molecule has 12 heteroatoms. The van der Waals surface area contributed by atoms with Crippen molar-refractivity contribution in [2.75, 3.05) is 37.1 Å². The van der Waals surface area contributed by atoms with E-state index >= 15 is 0 Å². The molecule has 1 aliphatic heterocycles. The standard InChI is InChI=1S/C20H22N6O5S/c1-11-5-6-21-26(11)20-24-23-19(32-20)22-17(27)15-9-13-16(18(28)31-15)30-8-7-25(13)14(10-29-2)12-3-4-12/h5-6,9,12,14H,3-4,7-8,10H2,1-2H3,(H,22,23,27)/t14-/m1/s1. The maximum Gasteiger partial charge on any atom is 0.381 e. The summed E-state index contributed by atoms with van der Waals surface area (Å²) in [7, 11) is 1.66. The van der Waals surface area contributed by atoms with Crippen molar-refractivity contribution >= 4 is 28.1 Å². The monoisotopic (exact) mass is 458 g/mol. The van der Waals surface area contributed by atoms with E-state index in [2.05, 4.69) is 25.5 Å². The smallest absolute Gasteiger partial charge is 0.381 e. The van der Waals surface area contributed by atoms with Crippen molar-refractivity contribution in [3.05, 3.63) is 40.2 Å². The lowest BCUT2D eigenvalue weighted by Crippen LogP contribution is -2.46. The molecule has 2 aliphatic rings. The minimum Gasteiger partial charge on any atom is -0.483 e. The number of ether oxygens (including phenoxy) is 2. The minimum absolute atomic E-state index is 0.114. The maximum absolute atomic E-state index is 12.9. The molecule has 1 atom stereocenters. The number of nitrogens with zero attached hydrogens (tertiary/aromatic N) is 5. The summed E-state index contributed by atoms with van der Waals surface area (Å²) in [6, 6.07) is 3.51. The average Bonchev–Trinajstić information content (AvgIpc) is 3.38. The first-order chi connectivity index (χ1) is 15.5. The van der Waals surface area contributed by atoms with Crippen LogP contribution in [0.5, 0.6) is 5.75 Å². The molecule has 0 aromatic carbocycles. The predicted molar refractivity (Wildman–Crippen MR) is 116 cm³/mol. The number of rotatable bonds is 7. The highest BCUT2D eigenvalue weighted by Crippen LogP contribution is 2.40. The lowest BCUT2D eigenvalue weighted by Gasteiger charge is -2.37. The molecule has 168 valence electrons. The van der Waals surface area contributed by atoms with Crippen LogP contribution in [0.15, 0.2) is 27.5 Å². The number of fused-ring (bicyclic) bond motifs is 1. The Morgan fingerprint density at radius 2 is 2.25 bits per heavy atom. The van der Waals surface area contributed by atoms with E-state index in [1.54, 1.807) is 24.1 Å². The van der Waals surface area contributed by atoms with Gasteiger partial charge >= 0.3 is 5.63 Å². The van der Waals surface area contributed by atoms with E-state index in [0.717, 1.165) is 29.9 Å². The van der Waals surface area contributed by atoms with Gasteiger partial charge in [0.1, 0.15) is 6.61 Å². The first kappa shape index (κ1) is 20.6. The Morgan fingerprint density at radius 1 is 1.41 bits per heavy atom. The van der Waals surface area contributed by atoms with Gasteiger partial charge in [0.2, 0.25) is 16.0 Å². The predicted octanol–water partition coefficient (Wildman–Crippen LogP) is 1.86. The van der Waals surface area contributed by atoms with Crippen LogP contribution in [0.1, 0.15) is 29.1 Å². The molecule has 11 nitrogen and oxygen atoms in total. The number of hydrogen-bond donors (Lipinski definition) is 1. The molecule has 1 N–H and O–H groups in total. The van der Waals surface area contributed by atoms with Gasteiger partial charge in [0, 0.05) is 25.1 Å². The summed E-state index contributed by atoms with van der Waals surface area (Å²) in [5.41, 5.74) is 0.757. The number of aryl methyl sites for hydroxylation is 1. The van der Waals surface area contributed by atoms with Crippen LogP contribution in [-0.2, 0) is 4.74 Å². The summed E-state index contributed by atoms with van der Waals surface area (Å²) < 4.78 is 17.9. The lowest BCUT2D eigenvalue weighted by atomic mass is 10.1. The lowest BCUT2D eigenvalue weighted by molar-refractivity contribution is 0.0990. The van der Waals surface area contributed by atoms with Gasteiger partial charge in [-0.05, 0) is 31.7 Å². The molecular formula is C20H22N6O5S. The number of hydrogen-bond acceptors (Lipinski definition) is 10. The first-order valence-corrected chi connectivity index (χ1v) is 11.1. The molecule has 0 bridgehead atoms. The molecule has 0 saturated heterocycles. The second kappa shape index (κ2) is 8.36. The Hall–Kier alpha value is -3.25. The Kier molecular flexibility index (Phi) is 5.39. The highest BCUT2D eigenvalue weighted by molar-refractivity contribution is 7.17. The zero-order valence-electron chi connectivity index (χ0n) is 17.6. The molecule has 5 rings (SSSR count). The Morgan fingerprint density at radius 3 is 2.97 bits per heavy atom. The fourth-order valence-electron chi connectivity index (χ4n) is 3.85. The number of carbonyl (C=O) groups excluding carboxylic acids is 1. The normalized spacial score (nSPS) is 16.4. The van der Waals surface area contributed by atoms with Crippen LogP contribution < -0.4 is 20.6 Å². The zero-order valence-corrected chi connectivity index (χ0v) is 18.4. The molecule has 32 heavy (non-hydrogen) atoms. The fourth-order valence-corrected chi connectivity index (χ4v) is 4.61. The largest absolute Gasteiger partial charge is 0.483 e. The van der Waals surface area contributed by atoms with Crippen molar-refractivity contribution in [3.8, 4) is 10.9 Å². The minimum atomic E-state index is -0.686.